The van der Waals surface area contributed by atoms with Crippen molar-refractivity contribution in [3.8, 4) is 0 Å². The number of rotatable bonds is 12. The van der Waals surface area contributed by atoms with Gasteiger partial charge in [0.25, 0.3) is 0 Å². The van der Waals surface area contributed by atoms with Crippen LogP contribution >= 0.6 is 23.2 Å². The second kappa shape index (κ2) is 16.7. The van der Waals surface area contributed by atoms with Crippen LogP contribution < -0.4 is 5.11 Å². The Labute approximate surface area is 245 Å². The number of aliphatic imine (C=N–C) groups is 1. The van der Waals surface area contributed by atoms with Gasteiger partial charge < -0.3 is 45.0 Å². The molecule has 1 aromatic carbocycles. The van der Waals surface area contributed by atoms with Crippen LogP contribution in [0.4, 0.5) is 0 Å². The molecule has 0 radical (unpaired) electrons. The Balaban J connectivity index is 0.00000222. The number of hydrogen-bond donors (Lipinski definition) is 0. The average molecular weight is 660 g/mol. The van der Waals surface area contributed by atoms with Crippen LogP contribution in [-0.2, 0) is 57.1 Å². The van der Waals surface area contributed by atoms with E-state index < -0.39 is 0 Å². The Kier molecular flexibility index (Phi) is 14.9. The molecular formula is C24H32Cl2N3O4S2Tc. The normalized spacial score (nSPS) is 23.9. The number of fused-ring (bicyclic) bond motifs is 2. The van der Waals surface area contributed by atoms with Crippen molar-refractivity contribution in [3.05, 3.63) is 33.8 Å². The topological polar surface area (TPSA) is 85.3 Å². The summed E-state index contributed by atoms with van der Waals surface area (Å²) in [4.78, 5) is 21.5. The molecule has 2 bridgehead atoms. The van der Waals surface area contributed by atoms with E-state index in [0.717, 1.165) is 63.2 Å². The molecule has 200 valence electrons. The van der Waals surface area contributed by atoms with Crippen LogP contribution in [0.1, 0.15) is 37.2 Å². The standard InChI is InChI=1S/C24H35Cl2N3O3S2.O.Tc/c1-32-24(31)23-18(16-3-5-19(25)20(26)13-16)14-17-4-6-21(23)29(17)9-2-8-28(10-12-34)15-22(30)27-7-11-33;;/h3,5,13,17-18,21,23,33-34H,2,4,6-12,14-15H2,1H3,(H,27,30);;/q;;+3/p-3/t17-,18+,21+,23-;;/m0../s1/i;;1+1. The summed E-state index contributed by atoms with van der Waals surface area (Å²) in [6.07, 6.45) is 3.80. The van der Waals surface area contributed by atoms with Crippen LogP contribution in [0.25, 0.3) is 0 Å². The van der Waals surface area contributed by atoms with Crippen LogP contribution in [0.3, 0.4) is 0 Å². The molecule has 2 aliphatic rings. The summed E-state index contributed by atoms with van der Waals surface area (Å²) in [6.45, 7) is 2.98. The third kappa shape index (κ3) is 8.66. The van der Waals surface area contributed by atoms with Crippen molar-refractivity contribution >= 4 is 60.3 Å². The maximum absolute atomic E-state index is 12.9. The molecule has 2 fully saturated rings. The molecule has 0 amide bonds. The molecule has 2 saturated heterocycles. The van der Waals surface area contributed by atoms with Crippen molar-refractivity contribution in [1.29, 1.82) is 0 Å². The number of halogens is 2. The average Bonchev–Trinajstić information content (AvgIpc) is 3.15. The summed E-state index contributed by atoms with van der Waals surface area (Å²) in [5.74, 6) is 0.517. The molecular weight excluding hydrogens is 628 g/mol. The molecule has 0 unspecified atom stereocenters. The summed E-state index contributed by atoms with van der Waals surface area (Å²) >= 11 is 23.3. The van der Waals surface area contributed by atoms with Gasteiger partial charge >= 0.3 is 28.3 Å². The minimum atomic E-state index is -0.247. The summed E-state index contributed by atoms with van der Waals surface area (Å²) in [5.41, 5.74) is 1.04. The van der Waals surface area contributed by atoms with Crippen molar-refractivity contribution in [1.82, 2.24) is 9.80 Å². The van der Waals surface area contributed by atoms with E-state index in [1.165, 1.54) is 7.11 Å². The second-order valence-electron chi connectivity index (χ2n) is 8.91. The van der Waals surface area contributed by atoms with Crippen LogP contribution in [0, 0.1) is 5.92 Å². The fraction of sp³-hybridized carbons (Fsp3) is 0.667. The zero-order valence-electron chi connectivity index (χ0n) is 20.2. The fourth-order valence-electron chi connectivity index (χ4n) is 5.49. The molecule has 0 saturated carbocycles. The number of methoxy groups -OCH3 is 1. The molecule has 1 aromatic rings. The minimum absolute atomic E-state index is 0.0521. The molecule has 3 rings (SSSR count). The number of esters is 1. The Hall–Kier alpha value is -0.191. The van der Waals surface area contributed by atoms with Crippen LogP contribution in [0.15, 0.2) is 23.2 Å². The van der Waals surface area contributed by atoms with E-state index in [2.05, 4.69) is 14.8 Å². The van der Waals surface area contributed by atoms with E-state index in [0.29, 0.717) is 40.7 Å². The molecule has 0 N–H and O–H groups in total. The number of benzene rings is 1. The zero-order valence-corrected chi connectivity index (χ0v) is 25.2. The molecule has 2 heterocycles. The van der Waals surface area contributed by atoms with Crippen molar-refractivity contribution < 1.29 is 37.0 Å². The quantitative estimate of drug-likeness (QED) is 0.147. The van der Waals surface area contributed by atoms with E-state index in [4.69, 9.17) is 56.7 Å². The van der Waals surface area contributed by atoms with Crippen LogP contribution in [0.2, 0.25) is 10.0 Å². The number of piperidine rings is 1. The van der Waals surface area contributed by atoms with Gasteiger partial charge in [-0.2, -0.15) is 11.5 Å². The van der Waals surface area contributed by atoms with Crippen LogP contribution in [-0.4, -0.2) is 85.1 Å². The first kappa shape index (κ1) is 32.0. The van der Waals surface area contributed by atoms with E-state index >= 15 is 0 Å². The number of hydrogen-bond acceptors (Lipinski definition) is 9. The monoisotopic (exact) mass is 659 g/mol. The number of ether oxygens (including phenoxy) is 1. The summed E-state index contributed by atoms with van der Waals surface area (Å²) in [6, 6.07) is 6.20. The Morgan fingerprint density at radius 2 is 1.97 bits per heavy atom. The van der Waals surface area contributed by atoms with Crippen molar-refractivity contribution in [2.45, 2.75) is 43.7 Å². The molecule has 0 aromatic heterocycles. The molecule has 0 aliphatic carbocycles. The summed E-state index contributed by atoms with van der Waals surface area (Å²) < 4.78 is 13.5. The van der Waals surface area contributed by atoms with E-state index in [-0.39, 0.29) is 36.3 Å². The van der Waals surface area contributed by atoms with Gasteiger partial charge in [0, 0.05) is 31.1 Å². The van der Waals surface area contributed by atoms with Gasteiger partial charge in [-0.25, -0.2) is 0 Å². The number of carbonyl (C=O) groups excluding carboxylic acids is 1. The van der Waals surface area contributed by atoms with E-state index in [9.17, 15) is 9.90 Å². The van der Waals surface area contributed by atoms with Gasteiger partial charge in [-0.15, -0.1) is 0 Å². The zero-order chi connectivity index (χ0) is 26.7. The Morgan fingerprint density at radius 1 is 1.22 bits per heavy atom. The van der Waals surface area contributed by atoms with E-state index in [1.807, 2.05) is 12.1 Å². The SMILES string of the molecule is COC(=O)[C@H]1[C@@H](c2ccc(Cl)c(Cl)c2)C[C@@H]2CC[C@H]1N2CCCN(CC[S-])CC([O-])=NCC[S-].[O]=[99Tc+3]. The first-order valence-electron chi connectivity index (χ1n) is 11.9. The van der Waals surface area contributed by atoms with Gasteiger partial charge in [-0.1, -0.05) is 29.3 Å². The predicted molar refractivity (Wildman–Crippen MR) is 141 cm³/mol. The van der Waals surface area contributed by atoms with E-state index in [1.54, 1.807) is 6.07 Å². The second-order valence-corrected chi connectivity index (χ2v) is 10.5. The Bertz CT molecular complexity index is 886. The van der Waals surface area contributed by atoms with Crippen LogP contribution in [0.5, 0.6) is 0 Å². The molecule has 36 heavy (non-hydrogen) atoms. The van der Waals surface area contributed by atoms with Crippen molar-refractivity contribution in [2.24, 2.45) is 10.9 Å². The fourth-order valence-corrected chi connectivity index (χ4v) is 6.15. The first-order chi connectivity index (χ1) is 17.4. The summed E-state index contributed by atoms with van der Waals surface area (Å²) in [7, 11) is 1.46. The molecule has 4 atom stereocenters. The van der Waals surface area contributed by atoms with Crippen molar-refractivity contribution in [2.75, 3.05) is 51.3 Å². The number of carbonyl (C=O) groups is 1. The van der Waals surface area contributed by atoms with Crippen molar-refractivity contribution in [3.63, 3.8) is 0 Å². The summed E-state index contributed by atoms with van der Waals surface area (Å²) in [5, 5.41) is 13.1. The third-order valence-corrected chi connectivity index (χ3v) is 8.05. The molecule has 2 aliphatic heterocycles. The first-order valence-corrected chi connectivity index (χ1v) is 14.6. The molecule has 0 spiro atoms. The van der Waals surface area contributed by atoms with Gasteiger partial charge in [-0.3, -0.25) is 9.69 Å². The van der Waals surface area contributed by atoms with Gasteiger partial charge in [0.15, 0.2) is 0 Å². The molecule has 7 nitrogen and oxygen atoms in total. The van der Waals surface area contributed by atoms with Gasteiger partial charge in [0.1, 0.15) is 0 Å². The third-order valence-electron chi connectivity index (χ3n) is 6.95. The maximum atomic E-state index is 12.9. The predicted octanol–water partition coefficient (Wildman–Crippen LogP) is 2.53. The van der Waals surface area contributed by atoms with Gasteiger partial charge in [-0.05, 0) is 68.9 Å². The number of nitrogens with zero attached hydrogens (tertiary/aromatic N) is 3. The van der Waals surface area contributed by atoms with Gasteiger partial charge in [0.05, 0.1) is 23.1 Å². The molecule has 12 heteroatoms. The Morgan fingerprint density at radius 3 is 2.61 bits per heavy atom. The van der Waals surface area contributed by atoms with Gasteiger partial charge in [0.2, 0.25) is 0 Å².